The van der Waals surface area contributed by atoms with Crippen LogP contribution < -0.4 is 10.1 Å². The van der Waals surface area contributed by atoms with Crippen molar-refractivity contribution in [1.29, 1.82) is 0 Å². The Morgan fingerprint density at radius 3 is 2.78 bits per heavy atom. The Balaban J connectivity index is 0.00000264. The summed E-state index contributed by atoms with van der Waals surface area (Å²) in [6, 6.07) is 4.60. The van der Waals surface area contributed by atoms with Gasteiger partial charge < -0.3 is 15.0 Å². The van der Waals surface area contributed by atoms with Crippen molar-refractivity contribution in [3.8, 4) is 5.75 Å². The predicted molar refractivity (Wildman–Crippen MR) is 89.5 cm³/mol. The molecule has 2 unspecified atom stereocenters. The summed E-state index contributed by atoms with van der Waals surface area (Å²) < 4.78 is 5.24. The highest BCUT2D eigenvalue weighted by Crippen LogP contribution is 2.29. The molecule has 1 fully saturated rings. The molecule has 1 aliphatic rings. The number of piperazine rings is 1. The van der Waals surface area contributed by atoms with Gasteiger partial charge in [-0.1, -0.05) is 0 Å². The molecule has 0 bridgehead atoms. The SMILES string of the molecule is CCOc1ccc(C(=O)N2CCNC(C)C2C)cc1[N+](=O)[O-].Cl. The van der Waals surface area contributed by atoms with Crippen molar-refractivity contribution in [2.75, 3.05) is 19.7 Å². The number of nitrogens with zero attached hydrogens (tertiary/aromatic N) is 2. The van der Waals surface area contributed by atoms with Crippen LogP contribution in [0.25, 0.3) is 0 Å². The number of hydrogen-bond donors (Lipinski definition) is 1. The topological polar surface area (TPSA) is 84.7 Å². The fraction of sp³-hybridized carbons (Fsp3) is 0.533. The molecular formula is C15H22ClN3O4. The molecule has 1 aromatic rings. The van der Waals surface area contributed by atoms with E-state index in [-0.39, 0.29) is 41.8 Å². The normalized spacial score (nSPS) is 20.6. The molecule has 1 N–H and O–H groups in total. The molecule has 8 heteroatoms. The molecule has 0 radical (unpaired) electrons. The summed E-state index contributed by atoms with van der Waals surface area (Å²) in [4.78, 5) is 25.0. The molecule has 0 spiro atoms. The van der Waals surface area contributed by atoms with Crippen molar-refractivity contribution in [3.63, 3.8) is 0 Å². The first-order chi connectivity index (χ1) is 10.5. The lowest BCUT2D eigenvalue weighted by atomic mass is 10.0. The van der Waals surface area contributed by atoms with Crippen molar-refractivity contribution in [2.45, 2.75) is 32.9 Å². The van der Waals surface area contributed by atoms with E-state index in [1.54, 1.807) is 17.9 Å². The number of rotatable bonds is 4. The van der Waals surface area contributed by atoms with Crippen molar-refractivity contribution in [2.24, 2.45) is 0 Å². The standard InChI is InChI=1S/C15H21N3O4.ClH/c1-4-22-14-6-5-12(9-13(14)18(20)21)15(19)17-8-7-16-10(2)11(17)3;/h5-6,9-11,16H,4,7-8H2,1-3H3;1H. The zero-order valence-corrected chi connectivity index (χ0v) is 14.3. The summed E-state index contributed by atoms with van der Waals surface area (Å²) in [7, 11) is 0. The second-order valence-electron chi connectivity index (χ2n) is 5.35. The minimum atomic E-state index is -0.522. The highest BCUT2D eigenvalue weighted by Gasteiger charge is 2.30. The first-order valence-electron chi connectivity index (χ1n) is 7.41. The molecule has 2 atom stereocenters. The van der Waals surface area contributed by atoms with Crippen LogP contribution in [0.1, 0.15) is 31.1 Å². The number of nitro groups is 1. The fourth-order valence-electron chi connectivity index (χ4n) is 2.58. The molecular weight excluding hydrogens is 322 g/mol. The van der Waals surface area contributed by atoms with Gasteiger partial charge in [0.2, 0.25) is 0 Å². The van der Waals surface area contributed by atoms with E-state index < -0.39 is 4.92 Å². The van der Waals surface area contributed by atoms with E-state index in [2.05, 4.69) is 5.32 Å². The lowest BCUT2D eigenvalue weighted by molar-refractivity contribution is -0.385. The van der Waals surface area contributed by atoms with E-state index >= 15 is 0 Å². The Bertz CT molecular complexity index is 582. The molecule has 23 heavy (non-hydrogen) atoms. The summed E-state index contributed by atoms with van der Waals surface area (Å²) in [5.74, 6) is -0.00206. The molecule has 1 aliphatic heterocycles. The minimum Gasteiger partial charge on any atom is -0.487 e. The zero-order chi connectivity index (χ0) is 16.3. The molecule has 1 heterocycles. The van der Waals surface area contributed by atoms with Crippen molar-refractivity contribution in [1.82, 2.24) is 10.2 Å². The predicted octanol–water partition coefficient (Wildman–Crippen LogP) is 2.24. The average Bonchev–Trinajstić information content (AvgIpc) is 2.50. The summed E-state index contributed by atoms with van der Waals surface area (Å²) in [6.07, 6.45) is 0. The van der Waals surface area contributed by atoms with E-state index in [9.17, 15) is 14.9 Å². The van der Waals surface area contributed by atoms with Crippen LogP contribution in [0.5, 0.6) is 5.75 Å². The van der Waals surface area contributed by atoms with Gasteiger partial charge in [-0.05, 0) is 32.9 Å². The fourth-order valence-corrected chi connectivity index (χ4v) is 2.58. The number of carbonyl (C=O) groups excluding carboxylic acids is 1. The van der Waals surface area contributed by atoms with Crippen LogP contribution in [0.3, 0.4) is 0 Å². The van der Waals surface area contributed by atoms with Crippen molar-refractivity contribution < 1.29 is 14.5 Å². The van der Waals surface area contributed by atoms with Gasteiger partial charge in [-0.25, -0.2) is 0 Å². The minimum absolute atomic E-state index is 0. The van der Waals surface area contributed by atoms with Crippen LogP contribution in [0, 0.1) is 10.1 Å². The highest BCUT2D eigenvalue weighted by molar-refractivity contribution is 5.95. The lowest BCUT2D eigenvalue weighted by Crippen LogP contribution is -2.57. The van der Waals surface area contributed by atoms with E-state index in [1.807, 2.05) is 13.8 Å². The molecule has 1 amide bonds. The third-order valence-corrected chi connectivity index (χ3v) is 4.00. The maximum Gasteiger partial charge on any atom is 0.311 e. The van der Waals surface area contributed by atoms with E-state index in [1.165, 1.54) is 12.1 Å². The number of carbonyl (C=O) groups is 1. The van der Waals surface area contributed by atoms with Gasteiger partial charge in [-0.15, -0.1) is 12.4 Å². The first-order valence-corrected chi connectivity index (χ1v) is 7.41. The van der Waals surface area contributed by atoms with Crippen LogP contribution in [0.15, 0.2) is 18.2 Å². The maximum absolute atomic E-state index is 12.6. The largest absolute Gasteiger partial charge is 0.487 e. The van der Waals surface area contributed by atoms with Crippen molar-refractivity contribution >= 4 is 24.0 Å². The van der Waals surface area contributed by atoms with Crippen molar-refractivity contribution in [3.05, 3.63) is 33.9 Å². The molecule has 128 valence electrons. The van der Waals surface area contributed by atoms with Gasteiger partial charge in [0.15, 0.2) is 5.75 Å². The van der Waals surface area contributed by atoms with Gasteiger partial charge in [0.25, 0.3) is 5.91 Å². The van der Waals surface area contributed by atoms with Crippen LogP contribution in [-0.2, 0) is 0 Å². The summed E-state index contributed by atoms with van der Waals surface area (Å²) >= 11 is 0. The van der Waals surface area contributed by atoms with Gasteiger partial charge in [0, 0.05) is 36.8 Å². The molecule has 0 saturated carbocycles. The third-order valence-electron chi connectivity index (χ3n) is 4.00. The Morgan fingerprint density at radius 2 is 2.17 bits per heavy atom. The number of nitrogens with one attached hydrogen (secondary N) is 1. The molecule has 7 nitrogen and oxygen atoms in total. The second-order valence-corrected chi connectivity index (χ2v) is 5.35. The molecule has 1 saturated heterocycles. The Kier molecular flexibility index (Phi) is 6.78. The number of benzene rings is 1. The Labute approximate surface area is 141 Å². The number of halogens is 1. The smallest absolute Gasteiger partial charge is 0.311 e. The second kappa shape index (κ2) is 8.12. The van der Waals surface area contributed by atoms with E-state index in [0.717, 1.165) is 6.54 Å². The van der Waals surface area contributed by atoms with Crippen LogP contribution in [-0.4, -0.2) is 47.5 Å². The van der Waals surface area contributed by atoms with Gasteiger partial charge in [-0.3, -0.25) is 14.9 Å². The maximum atomic E-state index is 12.6. The first kappa shape index (κ1) is 19.2. The highest BCUT2D eigenvalue weighted by atomic mass is 35.5. The number of ether oxygens (including phenoxy) is 1. The lowest BCUT2D eigenvalue weighted by Gasteiger charge is -2.38. The molecule has 1 aromatic carbocycles. The Hall–Kier alpha value is -1.86. The average molecular weight is 344 g/mol. The van der Waals surface area contributed by atoms with Gasteiger partial charge >= 0.3 is 5.69 Å². The summed E-state index contributed by atoms with van der Waals surface area (Å²) in [5.41, 5.74) is 0.139. The van der Waals surface area contributed by atoms with Gasteiger partial charge in [0.1, 0.15) is 0 Å². The summed E-state index contributed by atoms with van der Waals surface area (Å²) in [6.45, 7) is 7.39. The number of hydrogen-bond acceptors (Lipinski definition) is 5. The van der Waals surface area contributed by atoms with Crippen LogP contribution >= 0.6 is 12.4 Å². The van der Waals surface area contributed by atoms with Crippen LogP contribution in [0.4, 0.5) is 5.69 Å². The third kappa shape index (κ3) is 4.11. The zero-order valence-electron chi connectivity index (χ0n) is 13.4. The van der Waals surface area contributed by atoms with E-state index in [0.29, 0.717) is 18.7 Å². The molecule has 2 rings (SSSR count). The van der Waals surface area contributed by atoms with Gasteiger partial charge in [-0.2, -0.15) is 0 Å². The monoisotopic (exact) mass is 343 g/mol. The van der Waals surface area contributed by atoms with Gasteiger partial charge in [0.05, 0.1) is 11.5 Å². The summed E-state index contributed by atoms with van der Waals surface area (Å²) in [5, 5.41) is 14.5. The Morgan fingerprint density at radius 1 is 1.48 bits per heavy atom. The quantitative estimate of drug-likeness (QED) is 0.669. The molecule has 0 aliphatic carbocycles. The van der Waals surface area contributed by atoms with E-state index in [4.69, 9.17) is 4.74 Å². The van der Waals surface area contributed by atoms with Crippen LogP contribution in [0.2, 0.25) is 0 Å². The number of amides is 1. The number of nitro benzene ring substituents is 1. The molecule has 0 aromatic heterocycles.